The molecule has 1 aliphatic rings. The molecule has 1 amide bonds. The predicted octanol–water partition coefficient (Wildman–Crippen LogP) is 2.31. The van der Waals surface area contributed by atoms with Crippen LogP contribution in [-0.4, -0.2) is 11.9 Å². The van der Waals surface area contributed by atoms with Gasteiger partial charge in [0.15, 0.2) is 0 Å². The van der Waals surface area contributed by atoms with Crippen molar-refractivity contribution in [1.82, 2.24) is 5.32 Å². The highest BCUT2D eigenvalue weighted by molar-refractivity contribution is 9.10. The third-order valence-corrected chi connectivity index (χ3v) is 3.39. The van der Waals surface area contributed by atoms with Gasteiger partial charge < -0.3 is 11.1 Å². The Morgan fingerprint density at radius 2 is 2.20 bits per heavy atom. The van der Waals surface area contributed by atoms with Gasteiger partial charge in [-0.3, -0.25) is 4.79 Å². The first kappa shape index (κ1) is 10.5. The molecule has 3 nitrogen and oxygen atoms in total. The lowest BCUT2D eigenvalue weighted by Crippen LogP contribution is -2.39. The van der Waals surface area contributed by atoms with E-state index in [1.165, 1.54) is 6.42 Å². The minimum atomic E-state index is -0.0135. The number of hydrogen-bond acceptors (Lipinski definition) is 2. The Morgan fingerprint density at radius 1 is 1.47 bits per heavy atom. The number of nitrogens with two attached hydrogens (primary N) is 1. The Bertz CT molecular complexity index is 388. The van der Waals surface area contributed by atoms with Crippen LogP contribution in [0.2, 0.25) is 0 Å². The van der Waals surface area contributed by atoms with Crippen molar-refractivity contribution in [1.29, 1.82) is 0 Å². The van der Waals surface area contributed by atoms with E-state index < -0.39 is 0 Å². The summed E-state index contributed by atoms with van der Waals surface area (Å²) in [5.74, 6) is -0.0135. The number of nitrogen functional groups attached to an aromatic ring is 1. The second-order valence-electron chi connectivity index (χ2n) is 3.84. The molecule has 3 N–H and O–H groups in total. The van der Waals surface area contributed by atoms with E-state index in [0.29, 0.717) is 17.3 Å². The molecule has 0 bridgehead atoms. The van der Waals surface area contributed by atoms with E-state index in [9.17, 15) is 4.79 Å². The van der Waals surface area contributed by atoms with Crippen LogP contribution in [0.4, 0.5) is 5.69 Å². The van der Waals surface area contributed by atoms with Crippen LogP contribution in [0, 0.1) is 0 Å². The van der Waals surface area contributed by atoms with E-state index in [4.69, 9.17) is 5.73 Å². The molecular formula is C11H13BrN2O. The van der Waals surface area contributed by atoms with Crippen molar-refractivity contribution in [3.8, 4) is 0 Å². The maximum absolute atomic E-state index is 11.7. The zero-order chi connectivity index (χ0) is 10.8. The second-order valence-corrected chi connectivity index (χ2v) is 4.69. The van der Waals surface area contributed by atoms with Crippen molar-refractivity contribution < 1.29 is 4.79 Å². The third kappa shape index (κ3) is 2.31. The Labute approximate surface area is 97.2 Å². The smallest absolute Gasteiger partial charge is 0.251 e. The van der Waals surface area contributed by atoms with Crippen LogP contribution in [-0.2, 0) is 0 Å². The number of amides is 1. The molecule has 1 saturated carbocycles. The van der Waals surface area contributed by atoms with E-state index in [1.54, 1.807) is 18.2 Å². The summed E-state index contributed by atoms with van der Waals surface area (Å²) in [6.45, 7) is 0. The van der Waals surface area contributed by atoms with Crippen LogP contribution in [0.15, 0.2) is 22.7 Å². The molecule has 0 saturated heterocycles. The number of rotatable bonds is 2. The van der Waals surface area contributed by atoms with Crippen molar-refractivity contribution >= 4 is 27.5 Å². The van der Waals surface area contributed by atoms with Gasteiger partial charge in [0.2, 0.25) is 0 Å². The zero-order valence-corrected chi connectivity index (χ0v) is 9.88. The molecule has 0 radical (unpaired) electrons. The molecule has 1 aliphatic carbocycles. The maximum Gasteiger partial charge on any atom is 0.251 e. The first-order valence-electron chi connectivity index (χ1n) is 5.02. The number of carbonyl (C=O) groups is 1. The van der Waals surface area contributed by atoms with E-state index >= 15 is 0 Å². The van der Waals surface area contributed by atoms with Crippen LogP contribution in [0.25, 0.3) is 0 Å². The van der Waals surface area contributed by atoms with Crippen molar-refractivity contribution in [3.05, 3.63) is 28.2 Å². The van der Waals surface area contributed by atoms with Gasteiger partial charge >= 0.3 is 0 Å². The molecule has 15 heavy (non-hydrogen) atoms. The fourth-order valence-corrected chi connectivity index (χ4v) is 1.87. The lowest BCUT2D eigenvalue weighted by Gasteiger charge is -2.26. The summed E-state index contributed by atoms with van der Waals surface area (Å²) in [5.41, 5.74) is 6.95. The average Bonchev–Trinajstić information content (AvgIpc) is 2.15. The van der Waals surface area contributed by atoms with Gasteiger partial charge in [-0.15, -0.1) is 0 Å². The van der Waals surface area contributed by atoms with Gasteiger partial charge in [0.05, 0.1) is 0 Å². The average molecular weight is 269 g/mol. The molecule has 0 unspecified atom stereocenters. The van der Waals surface area contributed by atoms with Gasteiger partial charge in [0.1, 0.15) is 0 Å². The Morgan fingerprint density at radius 3 is 2.73 bits per heavy atom. The van der Waals surface area contributed by atoms with E-state index in [0.717, 1.165) is 17.3 Å². The summed E-state index contributed by atoms with van der Waals surface area (Å²) in [6, 6.07) is 5.60. The molecule has 0 aliphatic heterocycles. The highest BCUT2D eigenvalue weighted by Crippen LogP contribution is 2.22. The lowest BCUT2D eigenvalue weighted by atomic mass is 9.93. The number of halogens is 1. The molecule has 0 spiro atoms. The molecule has 0 heterocycles. The summed E-state index contributed by atoms with van der Waals surface area (Å²) in [7, 11) is 0. The number of anilines is 1. The number of benzene rings is 1. The van der Waals surface area contributed by atoms with Crippen molar-refractivity contribution in [2.75, 3.05) is 5.73 Å². The lowest BCUT2D eigenvalue weighted by molar-refractivity contribution is 0.0917. The second kappa shape index (κ2) is 4.23. The molecule has 1 aromatic rings. The summed E-state index contributed by atoms with van der Waals surface area (Å²) in [5, 5.41) is 2.98. The zero-order valence-electron chi connectivity index (χ0n) is 8.29. The third-order valence-electron chi connectivity index (χ3n) is 2.70. The molecule has 1 fully saturated rings. The van der Waals surface area contributed by atoms with Crippen LogP contribution < -0.4 is 11.1 Å². The largest absolute Gasteiger partial charge is 0.398 e. The van der Waals surface area contributed by atoms with E-state index in [2.05, 4.69) is 21.2 Å². The normalized spacial score (nSPS) is 15.8. The topological polar surface area (TPSA) is 55.1 Å². The highest BCUT2D eigenvalue weighted by Gasteiger charge is 2.20. The SMILES string of the molecule is Nc1ccc(C(=O)NC2CCC2)cc1Br. The maximum atomic E-state index is 11.7. The molecular weight excluding hydrogens is 256 g/mol. The fourth-order valence-electron chi connectivity index (χ4n) is 1.49. The van der Waals surface area contributed by atoms with Crippen molar-refractivity contribution in [3.63, 3.8) is 0 Å². The highest BCUT2D eigenvalue weighted by atomic mass is 79.9. The summed E-state index contributed by atoms with van der Waals surface area (Å²) in [4.78, 5) is 11.7. The van der Waals surface area contributed by atoms with Crippen LogP contribution in [0.1, 0.15) is 29.6 Å². The van der Waals surface area contributed by atoms with Gasteiger partial charge in [-0.1, -0.05) is 0 Å². The fraction of sp³-hybridized carbons (Fsp3) is 0.364. The van der Waals surface area contributed by atoms with Gasteiger partial charge in [-0.2, -0.15) is 0 Å². The van der Waals surface area contributed by atoms with Gasteiger partial charge in [0.25, 0.3) is 5.91 Å². The van der Waals surface area contributed by atoms with Crippen LogP contribution in [0.5, 0.6) is 0 Å². The van der Waals surface area contributed by atoms with Crippen LogP contribution in [0.3, 0.4) is 0 Å². The van der Waals surface area contributed by atoms with Gasteiger partial charge in [0, 0.05) is 21.8 Å². The first-order valence-corrected chi connectivity index (χ1v) is 5.82. The number of nitrogens with one attached hydrogen (secondary N) is 1. The molecule has 80 valence electrons. The molecule has 0 aromatic heterocycles. The Kier molecular flexibility index (Phi) is 2.95. The summed E-state index contributed by atoms with van der Waals surface area (Å²) in [6.07, 6.45) is 3.42. The monoisotopic (exact) mass is 268 g/mol. The standard InChI is InChI=1S/C11H13BrN2O/c12-9-6-7(4-5-10(9)13)11(15)14-8-2-1-3-8/h4-6,8H,1-3,13H2,(H,14,15). The van der Waals surface area contributed by atoms with E-state index in [1.807, 2.05) is 0 Å². The number of carbonyl (C=O) groups excluding carboxylic acids is 1. The molecule has 0 atom stereocenters. The van der Waals surface area contributed by atoms with E-state index in [-0.39, 0.29) is 5.91 Å². The quantitative estimate of drug-likeness (QED) is 0.809. The van der Waals surface area contributed by atoms with Crippen molar-refractivity contribution in [2.45, 2.75) is 25.3 Å². The molecule has 2 rings (SSSR count). The minimum Gasteiger partial charge on any atom is -0.398 e. The summed E-state index contributed by atoms with van der Waals surface area (Å²) < 4.78 is 0.767. The van der Waals surface area contributed by atoms with Gasteiger partial charge in [-0.05, 0) is 53.4 Å². The Balaban J connectivity index is 2.07. The molecule has 1 aromatic carbocycles. The first-order chi connectivity index (χ1) is 7.16. The van der Waals surface area contributed by atoms with Crippen LogP contribution >= 0.6 is 15.9 Å². The minimum absolute atomic E-state index is 0.0135. The number of hydrogen-bond donors (Lipinski definition) is 2. The predicted molar refractivity (Wildman–Crippen MR) is 63.7 cm³/mol. The summed E-state index contributed by atoms with van der Waals surface area (Å²) >= 11 is 3.31. The Hall–Kier alpha value is -1.03. The van der Waals surface area contributed by atoms with Gasteiger partial charge in [-0.25, -0.2) is 0 Å². The van der Waals surface area contributed by atoms with Crippen molar-refractivity contribution in [2.24, 2.45) is 0 Å². The molecule has 4 heteroatoms.